The molecule has 3 rings (SSSR count). The Morgan fingerprint density at radius 2 is 1.66 bits per heavy atom. The van der Waals surface area contributed by atoms with E-state index in [1.165, 1.54) is 14.2 Å². The lowest BCUT2D eigenvalue weighted by molar-refractivity contribution is -0.177. The van der Waals surface area contributed by atoms with Crippen LogP contribution in [0.25, 0.3) is 0 Å². The van der Waals surface area contributed by atoms with Gasteiger partial charge in [-0.2, -0.15) is 0 Å². The van der Waals surface area contributed by atoms with Crippen LogP contribution in [0.15, 0.2) is 54.6 Å². The molecule has 29 heavy (non-hydrogen) atoms. The number of benzene rings is 2. The summed E-state index contributed by atoms with van der Waals surface area (Å²) in [7, 11) is 4.15. The van der Waals surface area contributed by atoms with Crippen molar-refractivity contribution in [3.05, 3.63) is 65.7 Å². The maximum absolute atomic E-state index is 13.6. The average molecular weight is 414 g/mol. The molecule has 0 bridgehead atoms. The lowest BCUT2D eigenvalue weighted by atomic mass is 9.77. The Kier molecular flexibility index (Phi) is 6.14. The third-order valence-electron chi connectivity index (χ3n) is 4.98. The normalized spacial score (nSPS) is 23.5. The number of rotatable bonds is 6. The number of carbonyl (C=O) groups excluding carboxylic acids is 2. The van der Waals surface area contributed by atoms with E-state index in [1.807, 2.05) is 18.2 Å². The highest BCUT2D eigenvalue weighted by Crippen LogP contribution is 2.38. The largest absolute Gasteiger partial charge is 0.497 e. The molecular formula is C21H22N2O5S. The Morgan fingerprint density at radius 1 is 1.00 bits per heavy atom. The molecule has 7 nitrogen and oxygen atoms in total. The van der Waals surface area contributed by atoms with Crippen LogP contribution >= 0.6 is 12.2 Å². The van der Waals surface area contributed by atoms with Crippen LogP contribution in [0, 0.1) is 5.92 Å². The highest BCUT2D eigenvalue weighted by Gasteiger charge is 2.58. The van der Waals surface area contributed by atoms with E-state index in [2.05, 4.69) is 10.6 Å². The smallest absolute Gasteiger partial charge is 0.360 e. The van der Waals surface area contributed by atoms with Gasteiger partial charge in [0.05, 0.1) is 20.3 Å². The van der Waals surface area contributed by atoms with Crippen molar-refractivity contribution < 1.29 is 23.8 Å². The molecule has 2 aromatic carbocycles. The first kappa shape index (κ1) is 20.8. The molecule has 3 unspecified atom stereocenters. The summed E-state index contributed by atoms with van der Waals surface area (Å²) in [5.41, 5.74) is -0.596. The van der Waals surface area contributed by atoms with Crippen molar-refractivity contribution in [3.63, 3.8) is 0 Å². The number of ketones is 1. The third-order valence-corrected chi connectivity index (χ3v) is 5.20. The van der Waals surface area contributed by atoms with E-state index in [-0.39, 0.29) is 10.9 Å². The van der Waals surface area contributed by atoms with Crippen LogP contribution in [0.4, 0.5) is 0 Å². The summed E-state index contributed by atoms with van der Waals surface area (Å²) in [5.74, 6) is -1.36. The molecule has 0 aliphatic carbocycles. The average Bonchev–Trinajstić information content (AvgIpc) is 2.77. The number of hydrogen-bond acceptors (Lipinski definition) is 6. The first-order valence-corrected chi connectivity index (χ1v) is 9.33. The van der Waals surface area contributed by atoms with E-state index >= 15 is 0 Å². The highest BCUT2D eigenvalue weighted by molar-refractivity contribution is 7.80. The van der Waals surface area contributed by atoms with Gasteiger partial charge in [0.1, 0.15) is 11.7 Å². The minimum absolute atomic E-state index is 0.176. The standard InChI is InChI=1S/C21H22N2O5S/c1-26-15-11-9-13(10-12-15)17-16(18(24)14-7-5-4-6-8-14)21(28-3,19(25)27-2)23-20(29)22-17/h4-12,16-17H,1-3H3,(H2,22,23,29). The van der Waals surface area contributed by atoms with Gasteiger partial charge >= 0.3 is 5.97 Å². The minimum atomic E-state index is -1.78. The molecule has 1 saturated heterocycles. The quantitative estimate of drug-likeness (QED) is 0.423. The molecule has 0 spiro atoms. The van der Waals surface area contributed by atoms with Gasteiger partial charge in [-0.25, -0.2) is 4.79 Å². The van der Waals surface area contributed by atoms with Crippen molar-refractivity contribution in [2.24, 2.45) is 5.92 Å². The van der Waals surface area contributed by atoms with Gasteiger partial charge in [0.2, 0.25) is 0 Å². The predicted molar refractivity (Wildman–Crippen MR) is 111 cm³/mol. The minimum Gasteiger partial charge on any atom is -0.497 e. The van der Waals surface area contributed by atoms with Gasteiger partial charge in [0, 0.05) is 12.7 Å². The molecule has 2 N–H and O–H groups in total. The molecule has 2 aromatic rings. The van der Waals surface area contributed by atoms with Crippen molar-refractivity contribution in [3.8, 4) is 5.75 Å². The van der Waals surface area contributed by atoms with Crippen LogP contribution in [-0.2, 0) is 14.3 Å². The molecule has 1 aliphatic heterocycles. The predicted octanol–water partition coefficient (Wildman–Crippen LogP) is 2.23. The highest BCUT2D eigenvalue weighted by atomic mass is 32.1. The maximum Gasteiger partial charge on any atom is 0.360 e. The van der Waals surface area contributed by atoms with E-state index in [9.17, 15) is 9.59 Å². The topological polar surface area (TPSA) is 85.9 Å². The van der Waals surface area contributed by atoms with Crippen molar-refractivity contribution in [2.75, 3.05) is 21.3 Å². The van der Waals surface area contributed by atoms with Crippen molar-refractivity contribution in [1.29, 1.82) is 0 Å². The van der Waals surface area contributed by atoms with E-state index in [0.717, 1.165) is 5.56 Å². The Labute approximate surface area is 174 Å². The Balaban J connectivity index is 2.16. The number of carbonyl (C=O) groups is 2. The van der Waals surface area contributed by atoms with Gasteiger partial charge < -0.3 is 24.8 Å². The summed E-state index contributed by atoms with van der Waals surface area (Å²) >= 11 is 5.32. The molecule has 0 radical (unpaired) electrons. The van der Waals surface area contributed by atoms with E-state index < -0.39 is 23.7 Å². The Bertz CT molecular complexity index is 903. The van der Waals surface area contributed by atoms with E-state index in [1.54, 1.807) is 43.5 Å². The van der Waals surface area contributed by atoms with Crippen molar-refractivity contribution in [1.82, 2.24) is 10.6 Å². The Hall–Kier alpha value is -2.97. The first-order chi connectivity index (χ1) is 14.0. The molecule has 1 aliphatic rings. The number of esters is 1. The molecule has 3 atom stereocenters. The molecule has 1 fully saturated rings. The van der Waals surface area contributed by atoms with Gasteiger partial charge in [-0.15, -0.1) is 0 Å². The summed E-state index contributed by atoms with van der Waals surface area (Å²) in [5, 5.41) is 6.12. The van der Waals surface area contributed by atoms with E-state index in [4.69, 9.17) is 26.4 Å². The van der Waals surface area contributed by atoms with Gasteiger partial charge in [-0.1, -0.05) is 42.5 Å². The second-order valence-corrected chi connectivity index (χ2v) is 6.90. The van der Waals surface area contributed by atoms with Crippen LogP contribution in [0.5, 0.6) is 5.75 Å². The summed E-state index contributed by atoms with van der Waals surface area (Å²) in [6.07, 6.45) is 0. The monoisotopic (exact) mass is 414 g/mol. The van der Waals surface area contributed by atoms with Crippen LogP contribution in [-0.4, -0.2) is 43.9 Å². The first-order valence-electron chi connectivity index (χ1n) is 8.92. The third kappa shape index (κ3) is 3.81. The summed E-state index contributed by atoms with van der Waals surface area (Å²) in [6.45, 7) is 0. The zero-order valence-corrected chi connectivity index (χ0v) is 17.1. The summed E-state index contributed by atoms with van der Waals surface area (Å²) in [4.78, 5) is 26.4. The fourth-order valence-electron chi connectivity index (χ4n) is 3.54. The van der Waals surface area contributed by atoms with Gasteiger partial charge in [0.15, 0.2) is 10.9 Å². The number of ether oxygens (including phenoxy) is 3. The number of hydrogen-bond donors (Lipinski definition) is 2. The van der Waals surface area contributed by atoms with Crippen LogP contribution in [0.2, 0.25) is 0 Å². The maximum atomic E-state index is 13.6. The van der Waals surface area contributed by atoms with Crippen LogP contribution in [0.3, 0.4) is 0 Å². The number of Topliss-reactive ketones (excluding diaryl/α,β-unsaturated/α-hetero) is 1. The molecule has 0 aromatic heterocycles. The molecular weight excluding hydrogens is 392 g/mol. The number of methoxy groups -OCH3 is 3. The number of nitrogens with one attached hydrogen (secondary N) is 2. The fourth-order valence-corrected chi connectivity index (χ4v) is 3.82. The van der Waals surface area contributed by atoms with Crippen molar-refractivity contribution in [2.45, 2.75) is 11.8 Å². The second-order valence-electron chi connectivity index (χ2n) is 6.49. The van der Waals surface area contributed by atoms with Crippen LogP contribution in [0.1, 0.15) is 22.0 Å². The van der Waals surface area contributed by atoms with Gasteiger partial charge in [-0.05, 0) is 29.9 Å². The fraction of sp³-hybridized carbons (Fsp3) is 0.286. The lowest BCUT2D eigenvalue weighted by Crippen LogP contribution is -2.71. The van der Waals surface area contributed by atoms with Gasteiger partial charge in [-0.3, -0.25) is 4.79 Å². The summed E-state index contributed by atoms with van der Waals surface area (Å²) in [6, 6.07) is 15.3. The SMILES string of the molecule is COC(=O)C1(OC)NC(=S)NC(c2ccc(OC)cc2)C1C(=O)c1ccccc1. The molecule has 0 saturated carbocycles. The van der Waals surface area contributed by atoms with Crippen molar-refractivity contribution >= 4 is 29.1 Å². The molecule has 1 heterocycles. The van der Waals surface area contributed by atoms with E-state index in [0.29, 0.717) is 11.3 Å². The molecule has 8 heteroatoms. The number of thiocarbonyl (C=S) groups is 1. The van der Waals surface area contributed by atoms with Crippen LogP contribution < -0.4 is 15.4 Å². The zero-order chi connectivity index (χ0) is 21.0. The second kappa shape index (κ2) is 8.59. The Morgan fingerprint density at radius 3 is 2.21 bits per heavy atom. The molecule has 0 amide bonds. The lowest BCUT2D eigenvalue weighted by Gasteiger charge is -2.45. The zero-order valence-electron chi connectivity index (χ0n) is 16.3. The molecule has 152 valence electrons. The van der Waals surface area contributed by atoms with Gasteiger partial charge in [0.25, 0.3) is 5.72 Å². The summed E-state index contributed by atoms with van der Waals surface area (Å²) < 4.78 is 15.8.